The van der Waals surface area contributed by atoms with Crippen LogP contribution >= 0.6 is 0 Å². The summed E-state index contributed by atoms with van der Waals surface area (Å²) in [5.41, 5.74) is 5.51. The van der Waals surface area contributed by atoms with Gasteiger partial charge >= 0.3 is 5.97 Å². The monoisotopic (exact) mass is 428 g/mol. The maximum atomic E-state index is 12.5. The molecular weight excluding hydrogens is 392 g/mol. The first kappa shape index (κ1) is 23.8. The van der Waals surface area contributed by atoms with Gasteiger partial charge in [-0.25, -0.2) is 4.79 Å². The molecule has 0 spiro atoms. The second-order valence-electron chi connectivity index (χ2n) is 8.58. The summed E-state index contributed by atoms with van der Waals surface area (Å²) in [6.45, 7) is 4.45. The van der Waals surface area contributed by atoms with Gasteiger partial charge in [0.25, 0.3) is 0 Å². The van der Waals surface area contributed by atoms with Crippen LogP contribution in [0.25, 0.3) is 11.1 Å². The molecule has 0 atom stereocenters. The van der Waals surface area contributed by atoms with Crippen molar-refractivity contribution in [1.29, 1.82) is 0 Å². The first-order valence-electron chi connectivity index (χ1n) is 12.2. The van der Waals surface area contributed by atoms with E-state index in [9.17, 15) is 4.79 Å². The van der Waals surface area contributed by atoms with Crippen molar-refractivity contribution in [3.63, 3.8) is 0 Å². The van der Waals surface area contributed by atoms with Crippen molar-refractivity contribution in [1.82, 2.24) is 0 Å². The van der Waals surface area contributed by atoms with E-state index in [0.717, 1.165) is 18.4 Å². The van der Waals surface area contributed by atoms with Gasteiger partial charge in [-0.05, 0) is 72.2 Å². The number of benzene rings is 3. The Balaban J connectivity index is 1.54. The van der Waals surface area contributed by atoms with Crippen molar-refractivity contribution in [2.24, 2.45) is 0 Å². The second-order valence-corrected chi connectivity index (χ2v) is 8.58. The second kappa shape index (κ2) is 12.9. The molecule has 0 saturated heterocycles. The van der Waals surface area contributed by atoms with Gasteiger partial charge in [-0.15, -0.1) is 0 Å². The number of aryl methyl sites for hydroxylation is 2. The summed E-state index contributed by atoms with van der Waals surface area (Å²) in [5, 5.41) is 0. The zero-order valence-corrected chi connectivity index (χ0v) is 19.6. The minimum absolute atomic E-state index is 0.322. The summed E-state index contributed by atoms with van der Waals surface area (Å²) in [6, 6.07) is 24.3. The smallest absolute Gasteiger partial charge is 0.343 e. The van der Waals surface area contributed by atoms with Crippen LogP contribution < -0.4 is 4.74 Å². The molecule has 168 valence electrons. The van der Waals surface area contributed by atoms with Gasteiger partial charge in [0.2, 0.25) is 0 Å². The van der Waals surface area contributed by atoms with E-state index in [1.807, 2.05) is 36.4 Å². The molecule has 0 fully saturated rings. The Morgan fingerprint density at radius 3 is 1.62 bits per heavy atom. The average molecular weight is 429 g/mol. The quantitative estimate of drug-likeness (QED) is 0.164. The van der Waals surface area contributed by atoms with E-state index in [2.05, 4.69) is 50.2 Å². The van der Waals surface area contributed by atoms with Crippen molar-refractivity contribution < 1.29 is 9.53 Å². The van der Waals surface area contributed by atoms with Crippen LogP contribution in [0.1, 0.15) is 80.3 Å². The normalized spacial score (nSPS) is 10.8. The summed E-state index contributed by atoms with van der Waals surface area (Å²) >= 11 is 0. The van der Waals surface area contributed by atoms with Crippen LogP contribution in [-0.2, 0) is 12.8 Å². The summed E-state index contributed by atoms with van der Waals surface area (Å²) in [5.74, 6) is 0.269. The third kappa shape index (κ3) is 7.37. The number of esters is 1. The maximum Gasteiger partial charge on any atom is 0.343 e. The SMILES string of the molecule is CCCCCCc1ccc(-c2ccc(C(=O)Oc3ccc(CCCCC)cc3)cc2)cc1. The molecular formula is C30H36O2. The maximum absolute atomic E-state index is 12.5. The predicted octanol–water partition coefficient (Wildman–Crippen LogP) is 8.43. The molecule has 2 nitrogen and oxygen atoms in total. The molecule has 0 radical (unpaired) electrons. The number of carbonyl (C=O) groups is 1. The number of ether oxygens (including phenoxy) is 1. The minimum Gasteiger partial charge on any atom is -0.423 e. The highest BCUT2D eigenvalue weighted by atomic mass is 16.5. The Kier molecular flexibility index (Phi) is 9.56. The standard InChI is InChI=1S/C30H36O2/c1-3-5-7-9-11-24-12-16-26(17-13-24)27-18-20-28(21-19-27)30(31)32-29-22-14-25(15-23-29)10-8-6-4-2/h12-23H,3-11H2,1-2H3. The van der Waals surface area contributed by atoms with Gasteiger partial charge in [-0.2, -0.15) is 0 Å². The van der Waals surface area contributed by atoms with Gasteiger partial charge in [0.1, 0.15) is 5.75 Å². The predicted molar refractivity (Wildman–Crippen MR) is 134 cm³/mol. The van der Waals surface area contributed by atoms with Crippen LogP contribution in [0.2, 0.25) is 0 Å². The first-order valence-corrected chi connectivity index (χ1v) is 12.2. The Labute approximate surface area is 193 Å². The molecule has 0 aromatic heterocycles. The van der Waals surface area contributed by atoms with Crippen LogP contribution in [-0.4, -0.2) is 5.97 Å². The highest BCUT2D eigenvalue weighted by Crippen LogP contribution is 2.22. The third-order valence-corrected chi connectivity index (χ3v) is 5.93. The Bertz CT molecular complexity index is 938. The number of unbranched alkanes of at least 4 members (excludes halogenated alkanes) is 5. The van der Waals surface area contributed by atoms with E-state index in [0.29, 0.717) is 11.3 Å². The molecule has 2 heteroatoms. The lowest BCUT2D eigenvalue weighted by Gasteiger charge is -2.08. The largest absolute Gasteiger partial charge is 0.423 e. The van der Waals surface area contributed by atoms with Crippen LogP contribution in [0.15, 0.2) is 72.8 Å². The highest BCUT2D eigenvalue weighted by molar-refractivity contribution is 5.91. The number of hydrogen-bond donors (Lipinski definition) is 0. The van der Waals surface area contributed by atoms with E-state index >= 15 is 0 Å². The fraction of sp³-hybridized carbons (Fsp3) is 0.367. The molecule has 0 heterocycles. The zero-order valence-electron chi connectivity index (χ0n) is 19.6. The van der Waals surface area contributed by atoms with E-state index in [1.54, 1.807) is 0 Å². The molecule has 32 heavy (non-hydrogen) atoms. The fourth-order valence-corrected chi connectivity index (χ4v) is 3.89. The number of carbonyl (C=O) groups excluding carboxylic acids is 1. The lowest BCUT2D eigenvalue weighted by Crippen LogP contribution is -2.08. The molecule has 3 aromatic carbocycles. The Hall–Kier alpha value is -2.87. The Morgan fingerprint density at radius 1 is 0.594 bits per heavy atom. The van der Waals surface area contributed by atoms with Gasteiger partial charge in [-0.3, -0.25) is 0 Å². The van der Waals surface area contributed by atoms with Crippen molar-refractivity contribution >= 4 is 5.97 Å². The molecule has 3 rings (SSSR count). The van der Waals surface area contributed by atoms with Crippen LogP contribution in [0.4, 0.5) is 0 Å². The molecule has 0 aliphatic carbocycles. The highest BCUT2D eigenvalue weighted by Gasteiger charge is 2.09. The number of hydrogen-bond acceptors (Lipinski definition) is 2. The zero-order chi connectivity index (χ0) is 22.6. The van der Waals surface area contributed by atoms with E-state index in [-0.39, 0.29) is 5.97 Å². The average Bonchev–Trinajstić information content (AvgIpc) is 2.84. The molecule has 0 unspecified atom stereocenters. The van der Waals surface area contributed by atoms with Crippen LogP contribution in [0, 0.1) is 0 Å². The number of rotatable bonds is 12. The van der Waals surface area contributed by atoms with Crippen molar-refractivity contribution in [3.05, 3.63) is 89.5 Å². The lowest BCUT2D eigenvalue weighted by atomic mass is 10.0. The molecule has 3 aromatic rings. The molecule has 0 amide bonds. The van der Waals surface area contributed by atoms with E-state index in [1.165, 1.54) is 61.6 Å². The minimum atomic E-state index is -0.322. The Morgan fingerprint density at radius 2 is 1.06 bits per heavy atom. The first-order chi connectivity index (χ1) is 15.7. The van der Waals surface area contributed by atoms with Crippen molar-refractivity contribution in [3.8, 4) is 16.9 Å². The molecule has 0 aliphatic rings. The van der Waals surface area contributed by atoms with Gasteiger partial charge in [0.05, 0.1) is 5.56 Å². The third-order valence-electron chi connectivity index (χ3n) is 5.93. The van der Waals surface area contributed by atoms with Crippen molar-refractivity contribution in [2.45, 2.75) is 71.6 Å². The van der Waals surface area contributed by atoms with Crippen molar-refractivity contribution in [2.75, 3.05) is 0 Å². The fourth-order valence-electron chi connectivity index (χ4n) is 3.89. The van der Waals surface area contributed by atoms with Gasteiger partial charge in [0.15, 0.2) is 0 Å². The topological polar surface area (TPSA) is 26.3 Å². The summed E-state index contributed by atoms with van der Waals surface area (Å²) in [4.78, 5) is 12.5. The summed E-state index contributed by atoms with van der Waals surface area (Å²) in [6.07, 6.45) is 11.0. The summed E-state index contributed by atoms with van der Waals surface area (Å²) in [7, 11) is 0. The van der Waals surface area contributed by atoms with Gasteiger partial charge < -0.3 is 4.74 Å². The van der Waals surface area contributed by atoms with Crippen LogP contribution in [0.3, 0.4) is 0 Å². The summed E-state index contributed by atoms with van der Waals surface area (Å²) < 4.78 is 5.56. The molecule has 0 saturated carbocycles. The van der Waals surface area contributed by atoms with Crippen LogP contribution in [0.5, 0.6) is 5.75 Å². The van der Waals surface area contributed by atoms with Gasteiger partial charge in [0, 0.05) is 0 Å². The molecule has 0 aliphatic heterocycles. The molecule has 0 N–H and O–H groups in total. The molecule has 0 bridgehead atoms. The van der Waals surface area contributed by atoms with E-state index in [4.69, 9.17) is 4.74 Å². The lowest BCUT2D eigenvalue weighted by molar-refractivity contribution is 0.0734. The van der Waals surface area contributed by atoms with E-state index < -0.39 is 0 Å². The van der Waals surface area contributed by atoms with Gasteiger partial charge in [-0.1, -0.05) is 94.5 Å².